The number of nitrogens with zero attached hydrogens (tertiary/aromatic N) is 2. The standard InChI is InChI=1S/C15H14Cl2N4O2/c1-8-11(4-9-2-3-10(16)5-12(9)17)15(19-6-13(18)23)21-14(7-22)20-8/h2-3,5,7H,4,6H2,1H3,(H2,18,23)(H,19,20,21). The molecule has 1 aromatic carbocycles. The Morgan fingerprint density at radius 3 is 2.70 bits per heavy atom. The molecule has 2 rings (SSSR count). The van der Waals surface area contributed by atoms with Gasteiger partial charge in [-0.05, 0) is 24.6 Å². The van der Waals surface area contributed by atoms with E-state index in [1.165, 1.54) is 0 Å². The Kier molecular flexibility index (Phi) is 5.52. The van der Waals surface area contributed by atoms with E-state index in [9.17, 15) is 9.59 Å². The number of aryl methyl sites for hydroxylation is 1. The van der Waals surface area contributed by atoms with E-state index in [0.717, 1.165) is 11.1 Å². The van der Waals surface area contributed by atoms with Gasteiger partial charge in [0.25, 0.3) is 0 Å². The van der Waals surface area contributed by atoms with Gasteiger partial charge in [0, 0.05) is 27.7 Å². The Morgan fingerprint density at radius 1 is 1.35 bits per heavy atom. The number of halogens is 2. The van der Waals surface area contributed by atoms with Gasteiger partial charge in [-0.25, -0.2) is 9.97 Å². The molecule has 6 nitrogen and oxygen atoms in total. The molecule has 0 bridgehead atoms. The third-order valence-corrected chi connectivity index (χ3v) is 3.74. The van der Waals surface area contributed by atoms with Crippen LogP contribution in [-0.2, 0) is 11.2 Å². The monoisotopic (exact) mass is 352 g/mol. The van der Waals surface area contributed by atoms with E-state index in [2.05, 4.69) is 15.3 Å². The van der Waals surface area contributed by atoms with Crippen LogP contribution in [0.3, 0.4) is 0 Å². The third-order valence-electron chi connectivity index (χ3n) is 3.15. The Hall–Kier alpha value is -2.18. The molecule has 0 saturated heterocycles. The van der Waals surface area contributed by atoms with Gasteiger partial charge in [0.1, 0.15) is 5.82 Å². The van der Waals surface area contributed by atoms with E-state index < -0.39 is 5.91 Å². The van der Waals surface area contributed by atoms with Crippen LogP contribution in [0.25, 0.3) is 0 Å². The second-order valence-electron chi connectivity index (χ2n) is 4.84. The highest BCUT2D eigenvalue weighted by atomic mass is 35.5. The topological polar surface area (TPSA) is 98.0 Å². The number of amides is 1. The summed E-state index contributed by atoms with van der Waals surface area (Å²) in [6.07, 6.45) is 0.962. The van der Waals surface area contributed by atoms with Gasteiger partial charge in [0.2, 0.25) is 5.91 Å². The Labute approximate surface area is 143 Å². The van der Waals surface area contributed by atoms with Crippen molar-refractivity contribution in [2.45, 2.75) is 13.3 Å². The molecule has 3 N–H and O–H groups in total. The Morgan fingerprint density at radius 2 is 2.09 bits per heavy atom. The second kappa shape index (κ2) is 7.39. The van der Waals surface area contributed by atoms with Gasteiger partial charge in [-0.1, -0.05) is 29.3 Å². The summed E-state index contributed by atoms with van der Waals surface area (Å²) in [6, 6.07) is 5.18. The van der Waals surface area contributed by atoms with Crippen molar-refractivity contribution >= 4 is 41.2 Å². The molecule has 2 aromatic rings. The van der Waals surface area contributed by atoms with Crippen molar-refractivity contribution in [3.8, 4) is 0 Å². The second-order valence-corrected chi connectivity index (χ2v) is 5.69. The van der Waals surface area contributed by atoms with E-state index in [1.54, 1.807) is 25.1 Å². The fraction of sp³-hybridized carbons (Fsp3) is 0.200. The number of aromatic nitrogens is 2. The number of nitrogens with one attached hydrogen (secondary N) is 1. The highest BCUT2D eigenvalue weighted by molar-refractivity contribution is 6.35. The van der Waals surface area contributed by atoms with Gasteiger partial charge in [-0.15, -0.1) is 0 Å². The predicted molar refractivity (Wildman–Crippen MR) is 89.1 cm³/mol. The van der Waals surface area contributed by atoms with Crippen molar-refractivity contribution in [1.29, 1.82) is 0 Å². The highest BCUT2D eigenvalue weighted by Gasteiger charge is 2.14. The minimum Gasteiger partial charge on any atom is -0.368 e. The van der Waals surface area contributed by atoms with E-state index >= 15 is 0 Å². The third kappa shape index (κ3) is 4.40. The maximum atomic E-state index is 11.0. The summed E-state index contributed by atoms with van der Waals surface area (Å²) in [5, 5.41) is 3.87. The Bertz CT molecular complexity index is 765. The van der Waals surface area contributed by atoms with Crippen LogP contribution in [0.4, 0.5) is 5.82 Å². The Balaban J connectivity index is 2.42. The molecule has 0 aliphatic rings. The van der Waals surface area contributed by atoms with E-state index in [4.69, 9.17) is 28.9 Å². The number of anilines is 1. The molecule has 0 aliphatic heterocycles. The number of hydrogen-bond donors (Lipinski definition) is 2. The number of rotatable bonds is 6. The lowest BCUT2D eigenvalue weighted by Crippen LogP contribution is -2.23. The lowest BCUT2D eigenvalue weighted by Gasteiger charge is -2.14. The fourth-order valence-electron chi connectivity index (χ4n) is 2.05. The highest BCUT2D eigenvalue weighted by Crippen LogP contribution is 2.26. The molecular formula is C15H14Cl2N4O2. The van der Waals surface area contributed by atoms with E-state index in [0.29, 0.717) is 34.3 Å². The van der Waals surface area contributed by atoms with Crippen molar-refractivity contribution in [3.63, 3.8) is 0 Å². The lowest BCUT2D eigenvalue weighted by molar-refractivity contribution is -0.116. The van der Waals surface area contributed by atoms with Gasteiger partial charge in [-0.3, -0.25) is 9.59 Å². The van der Waals surface area contributed by atoms with Crippen LogP contribution in [-0.4, -0.2) is 28.7 Å². The molecule has 0 fully saturated rings. The number of carbonyl (C=O) groups is 2. The number of carbonyl (C=O) groups excluding carboxylic acids is 2. The summed E-state index contributed by atoms with van der Waals surface area (Å²) >= 11 is 12.1. The van der Waals surface area contributed by atoms with Gasteiger partial charge in [0.15, 0.2) is 12.1 Å². The summed E-state index contributed by atoms with van der Waals surface area (Å²) in [4.78, 5) is 30.1. The summed E-state index contributed by atoms with van der Waals surface area (Å²) in [5.74, 6) is -0.130. The summed E-state index contributed by atoms with van der Waals surface area (Å²) in [5.41, 5.74) is 7.30. The van der Waals surface area contributed by atoms with Gasteiger partial charge >= 0.3 is 0 Å². The quantitative estimate of drug-likeness (QED) is 0.777. The molecule has 0 aliphatic carbocycles. The van der Waals surface area contributed by atoms with Crippen molar-refractivity contribution in [3.05, 3.63) is 50.9 Å². The lowest BCUT2D eigenvalue weighted by atomic mass is 10.0. The zero-order valence-electron chi connectivity index (χ0n) is 12.3. The van der Waals surface area contributed by atoms with Crippen LogP contribution in [0.1, 0.15) is 27.4 Å². The fourth-order valence-corrected chi connectivity index (χ4v) is 2.53. The van der Waals surface area contributed by atoms with Crippen LogP contribution < -0.4 is 11.1 Å². The van der Waals surface area contributed by atoms with Crippen LogP contribution in [0.2, 0.25) is 10.0 Å². The number of hydrogen-bond acceptors (Lipinski definition) is 5. The molecular weight excluding hydrogens is 339 g/mol. The van der Waals surface area contributed by atoms with Crippen molar-refractivity contribution < 1.29 is 9.59 Å². The van der Waals surface area contributed by atoms with Gasteiger partial charge in [0.05, 0.1) is 6.54 Å². The first kappa shape index (κ1) is 17.2. The van der Waals surface area contributed by atoms with Crippen molar-refractivity contribution in [2.75, 3.05) is 11.9 Å². The van der Waals surface area contributed by atoms with Gasteiger partial charge in [-0.2, -0.15) is 0 Å². The van der Waals surface area contributed by atoms with Crippen molar-refractivity contribution in [2.24, 2.45) is 5.73 Å². The minimum absolute atomic E-state index is 0.0282. The largest absolute Gasteiger partial charge is 0.368 e. The molecule has 0 atom stereocenters. The number of aldehydes is 1. The maximum Gasteiger partial charge on any atom is 0.236 e. The summed E-state index contributed by atoms with van der Waals surface area (Å²) in [6.45, 7) is 1.65. The molecule has 0 unspecified atom stereocenters. The number of benzene rings is 1. The molecule has 120 valence electrons. The van der Waals surface area contributed by atoms with Crippen molar-refractivity contribution in [1.82, 2.24) is 9.97 Å². The van der Waals surface area contributed by atoms with E-state index in [1.807, 2.05) is 0 Å². The molecule has 1 heterocycles. The van der Waals surface area contributed by atoms with Gasteiger partial charge < -0.3 is 11.1 Å². The molecule has 0 saturated carbocycles. The normalized spacial score (nSPS) is 10.4. The zero-order chi connectivity index (χ0) is 17.0. The van der Waals surface area contributed by atoms with Crippen LogP contribution in [0, 0.1) is 6.92 Å². The zero-order valence-corrected chi connectivity index (χ0v) is 13.8. The molecule has 23 heavy (non-hydrogen) atoms. The average molecular weight is 353 g/mol. The van der Waals surface area contributed by atoms with Crippen LogP contribution in [0.15, 0.2) is 18.2 Å². The number of primary amides is 1. The molecule has 0 spiro atoms. The molecule has 8 heteroatoms. The first-order valence-corrected chi connectivity index (χ1v) is 7.45. The first-order valence-electron chi connectivity index (χ1n) is 6.69. The predicted octanol–water partition coefficient (Wildman–Crippen LogP) is 2.39. The molecule has 0 radical (unpaired) electrons. The smallest absolute Gasteiger partial charge is 0.236 e. The average Bonchev–Trinajstić information content (AvgIpc) is 2.49. The number of nitrogens with two attached hydrogens (primary N) is 1. The maximum absolute atomic E-state index is 11.0. The molecule has 1 amide bonds. The minimum atomic E-state index is -0.538. The van der Waals surface area contributed by atoms with E-state index in [-0.39, 0.29) is 12.4 Å². The van der Waals surface area contributed by atoms with Crippen LogP contribution in [0.5, 0.6) is 0 Å². The SMILES string of the molecule is Cc1nc(C=O)nc(NCC(N)=O)c1Cc1ccc(Cl)cc1Cl. The molecule has 1 aromatic heterocycles. The first-order chi connectivity index (χ1) is 10.9. The van der Waals surface area contributed by atoms with Crippen LogP contribution >= 0.6 is 23.2 Å². The summed E-state index contributed by atoms with van der Waals surface area (Å²) in [7, 11) is 0. The summed E-state index contributed by atoms with van der Waals surface area (Å²) < 4.78 is 0.